The highest BCUT2D eigenvalue weighted by Gasteiger charge is 2.54. The van der Waals surface area contributed by atoms with Crippen LogP contribution in [0, 0.1) is 0 Å². The minimum Gasteiger partial charge on any atom is -0.380 e. The summed E-state index contributed by atoms with van der Waals surface area (Å²) in [6, 6.07) is 0.383. The lowest BCUT2D eigenvalue weighted by molar-refractivity contribution is -0.273. The molecule has 3 nitrogen and oxygen atoms in total. The average molecular weight is 252 g/mol. The summed E-state index contributed by atoms with van der Waals surface area (Å²) in [6.45, 7) is 2.57. The monoisotopic (exact) mass is 252 g/mol. The molecule has 0 spiro atoms. The zero-order chi connectivity index (χ0) is 12.5. The Morgan fingerprint density at radius 3 is 2.12 bits per heavy atom. The minimum atomic E-state index is -4.49. The van der Waals surface area contributed by atoms with Gasteiger partial charge in [0.2, 0.25) is 0 Å². The molecule has 2 saturated heterocycles. The van der Waals surface area contributed by atoms with Crippen LogP contribution in [0.15, 0.2) is 0 Å². The quantitative estimate of drug-likeness (QED) is 0.734. The van der Waals surface area contributed by atoms with Gasteiger partial charge in [-0.2, -0.15) is 13.2 Å². The lowest BCUT2D eigenvalue weighted by atomic mass is 9.89. The van der Waals surface area contributed by atoms with Crippen LogP contribution in [0.2, 0.25) is 0 Å². The fourth-order valence-corrected chi connectivity index (χ4v) is 2.71. The van der Waals surface area contributed by atoms with Gasteiger partial charge in [0.1, 0.15) is 0 Å². The summed E-state index contributed by atoms with van der Waals surface area (Å²) in [4.78, 5) is 2.10. The van der Waals surface area contributed by atoms with E-state index < -0.39 is 11.8 Å². The molecule has 0 amide bonds. The van der Waals surface area contributed by atoms with Crippen LogP contribution in [0.3, 0.4) is 0 Å². The van der Waals surface area contributed by atoms with Crippen LogP contribution in [-0.4, -0.2) is 54.0 Å². The Kier molecular flexibility index (Phi) is 3.66. The van der Waals surface area contributed by atoms with E-state index in [0.717, 1.165) is 25.9 Å². The highest BCUT2D eigenvalue weighted by molar-refractivity contribution is 4.94. The second-order valence-electron chi connectivity index (χ2n) is 5.05. The molecule has 100 valence electrons. The molecule has 2 aliphatic rings. The molecule has 6 heteroatoms. The van der Waals surface area contributed by atoms with Crippen molar-refractivity contribution >= 4 is 0 Å². The topological polar surface area (TPSA) is 35.5 Å². The number of nitrogens with one attached hydrogen (secondary N) is 1. The fourth-order valence-electron chi connectivity index (χ4n) is 2.71. The standard InChI is InChI=1S/C11H19F3N2O/c12-11(13,14)10(17)3-7-16(8-4-10)9-1-5-15-6-2-9/h9,15,17H,1-8H2. The molecule has 0 aromatic rings. The highest BCUT2D eigenvalue weighted by Crippen LogP contribution is 2.39. The van der Waals surface area contributed by atoms with E-state index in [1.807, 2.05) is 0 Å². The first-order chi connectivity index (χ1) is 7.92. The van der Waals surface area contributed by atoms with Gasteiger partial charge in [-0.05, 0) is 38.8 Å². The van der Waals surface area contributed by atoms with Crippen molar-refractivity contribution in [3.8, 4) is 0 Å². The third-order valence-corrected chi connectivity index (χ3v) is 3.98. The van der Waals surface area contributed by atoms with Gasteiger partial charge in [0.25, 0.3) is 0 Å². The van der Waals surface area contributed by atoms with Gasteiger partial charge in [0.15, 0.2) is 5.60 Å². The average Bonchev–Trinajstić information content (AvgIpc) is 2.30. The molecule has 0 unspecified atom stereocenters. The molecule has 0 atom stereocenters. The maximum Gasteiger partial charge on any atom is 0.417 e. The normalized spacial score (nSPS) is 28.2. The smallest absolute Gasteiger partial charge is 0.380 e. The lowest BCUT2D eigenvalue weighted by Gasteiger charge is -2.43. The number of nitrogens with zero attached hydrogens (tertiary/aromatic N) is 1. The largest absolute Gasteiger partial charge is 0.417 e. The van der Waals surface area contributed by atoms with Gasteiger partial charge in [-0.1, -0.05) is 0 Å². The highest BCUT2D eigenvalue weighted by atomic mass is 19.4. The Bertz CT molecular complexity index is 256. The fraction of sp³-hybridized carbons (Fsp3) is 1.00. The number of rotatable bonds is 1. The summed E-state index contributed by atoms with van der Waals surface area (Å²) in [6.07, 6.45) is -2.90. The first kappa shape index (κ1) is 13.1. The molecule has 0 aromatic heterocycles. The Labute approximate surface area is 99.0 Å². The van der Waals surface area contributed by atoms with Crippen molar-refractivity contribution in [1.82, 2.24) is 10.2 Å². The first-order valence-electron chi connectivity index (χ1n) is 6.16. The SMILES string of the molecule is OC1(C(F)(F)F)CCN(C2CCNCC2)CC1. The molecule has 0 radical (unpaired) electrons. The third kappa shape index (κ3) is 2.74. The Balaban J connectivity index is 1.89. The first-order valence-corrected chi connectivity index (χ1v) is 6.16. The predicted molar refractivity (Wildman–Crippen MR) is 57.7 cm³/mol. The zero-order valence-electron chi connectivity index (χ0n) is 9.76. The van der Waals surface area contributed by atoms with Crippen molar-refractivity contribution in [3.05, 3.63) is 0 Å². The van der Waals surface area contributed by atoms with Crippen molar-refractivity contribution in [1.29, 1.82) is 0 Å². The molecular weight excluding hydrogens is 233 g/mol. The van der Waals surface area contributed by atoms with E-state index in [1.165, 1.54) is 0 Å². The second kappa shape index (κ2) is 4.74. The van der Waals surface area contributed by atoms with Crippen LogP contribution in [0.4, 0.5) is 13.2 Å². The number of hydrogen-bond donors (Lipinski definition) is 2. The van der Waals surface area contributed by atoms with E-state index in [4.69, 9.17) is 0 Å². The van der Waals surface area contributed by atoms with Gasteiger partial charge >= 0.3 is 6.18 Å². The van der Waals surface area contributed by atoms with Crippen molar-refractivity contribution in [2.45, 2.75) is 43.5 Å². The van der Waals surface area contributed by atoms with Crippen LogP contribution >= 0.6 is 0 Å². The van der Waals surface area contributed by atoms with E-state index in [9.17, 15) is 18.3 Å². The lowest BCUT2D eigenvalue weighted by Crippen LogP contribution is -2.56. The van der Waals surface area contributed by atoms with E-state index in [2.05, 4.69) is 10.2 Å². The molecule has 0 saturated carbocycles. The second-order valence-corrected chi connectivity index (χ2v) is 5.05. The van der Waals surface area contributed by atoms with Crippen molar-refractivity contribution in [3.63, 3.8) is 0 Å². The number of aliphatic hydroxyl groups is 1. The molecule has 2 fully saturated rings. The number of likely N-dealkylation sites (tertiary alicyclic amines) is 1. The summed E-state index contributed by atoms with van der Waals surface area (Å²) in [5.41, 5.74) is -2.46. The summed E-state index contributed by atoms with van der Waals surface area (Å²) >= 11 is 0. The summed E-state index contributed by atoms with van der Waals surface area (Å²) in [5, 5.41) is 12.8. The van der Waals surface area contributed by atoms with Crippen molar-refractivity contribution in [2.75, 3.05) is 26.2 Å². The molecule has 2 heterocycles. The van der Waals surface area contributed by atoms with Gasteiger partial charge < -0.3 is 15.3 Å². The molecule has 0 aromatic carbocycles. The third-order valence-electron chi connectivity index (χ3n) is 3.98. The Hall–Kier alpha value is -0.330. The maximum absolute atomic E-state index is 12.6. The number of halogens is 3. The number of hydrogen-bond acceptors (Lipinski definition) is 3. The molecule has 0 bridgehead atoms. The summed E-state index contributed by atoms with van der Waals surface area (Å²) in [7, 11) is 0. The van der Waals surface area contributed by atoms with Gasteiger partial charge in [-0.3, -0.25) is 0 Å². The maximum atomic E-state index is 12.6. The van der Waals surface area contributed by atoms with E-state index in [0.29, 0.717) is 19.1 Å². The molecular formula is C11H19F3N2O. The van der Waals surface area contributed by atoms with Crippen LogP contribution in [-0.2, 0) is 0 Å². The van der Waals surface area contributed by atoms with Crippen LogP contribution in [0.1, 0.15) is 25.7 Å². The zero-order valence-corrected chi connectivity index (χ0v) is 9.76. The number of alkyl halides is 3. The molecule has 2 N–H and O–H groups in total. The van der Waals surface area contributed by atoms with Crippen LogP contribution in [0.25, 0.3) is 0 Å². The van der Waals surface area contributed by atoms with E-state index >= 15 is 0 Å². The van der Waals surface area contributed by atoms with Crippen LogP contribution < -0.4 is 5.32 Å². The van der Waals surface area contributed by atoms with Gasteiger partial charge in [-0.15, -0.1) is 0 Å². The minimum absolute atomic E-state index is 0.194. The Morgan fingerprint density at radius 1 is 1.12 bits per heavy atom. The summed E-state index contributed by atoms with van der Waals surface area (Å²) in [5.74, 6) is 0. The molecule has 2 rings (SSSR count). The van der Waals surface area contributed by atoms with Gasteiger partial charge in [-0.25, -0.2) is 0 Å². The van der Waals surface area contributed by atoms with Crippen molar-refractivity contribution in [2.24, 2.45) is 0 Å². The van der Waals surface area contributed by atoms with Crippen molar-refractivity contribution < 1.29 is 18.3 Å². The summed E-state index contributed by atoms with van der Waals surface area (Å²) < 4.78 is 37.8. The molecule has 0 aliphatic carbocycles. The molecule has 17 heavy (non-hydrogen) atoms. The van der Waals surface area contributed by atoms with Crippen LogP contribution in [0.5, 0.6) is 0 Å². The Morgan fingerprint density at radius 2 is 1.65 bits per heavy atom. The van der Waals surface area contributed by atoms with Gasteiger partial charge in [0.05, 0.1) is 0 Å². The predicted octanol–water partition coefficient (Wildman–Crippen LogP) is 1.13. The van der Waals surface area contributed by atoms with E-state index in [1.54, 1.807) is 0 Å². The van der Waals surface area contributed by atoms with E-state index in [-0.39, 0.29) is 12.8 Å². The number of piperidine rings is 2. The molecule has 2 aliphatic heterocycles. The van der Waals surface area contributed by atoms with Gasteiger partial charge in [0, 0.05) is 19.1 Å².